The number of carbonyl (C=O) groups excluding carboxylic acids is 1. The molecule has 1 aromatic carbocycles. The third kappa shape index (κ3) is 3.29. The smallest absolute Gasteiger partial charge is 0.323 e. The molecule has 5 heteroatoms. The van der Waals surface area contributed by atoms with E-state index in [9.17, 15) is 4.79 Å². The Balaban J connectivity index is 1.94. The highest BCUT2D eigenvalue weighted by Gasteiger charge is 2.02. The SMILES string of the molecule is NCc1ccc(NC(=O)Nc2cccnc2)cc1. The highest BCUT2D eigenvalue weighted by Crippen LogP contribution is 2.10. The van der Waals surface area contributed by atoms with E-state index >= 15 is 0 Å². The zero-order chi connectivity index (χ0) is 12.8. The van der Waals surface area contributed by atoms with Gasteiger partial charge in [0.05, 0.1) is 11.9 Å². The number of pyridine rings is 1. The molecular weight excluding hydrogens is 228 g/mol. The van der Waals surface area contributed by atoms with Crippen LogP contribution in [0.3, 0.4) is 0 Å². The van der Waals surface area contributed by atoms with Crippen LogP contribution < -0.4 is 16.4 Å². The lowest BCUT2D eigenvalue weighted by atomic mass is 10.2. The van der Waals surface area contributed by atoms with Crippen molar-refractivity contribution >= 4 is 17.4 Å². The summed E-state index contributed by atoms with van der Waals surface area (Å²) in [5.74, 6) is 0. The van der Waals surface area contributed by atoms with Gasteiger partial charge in [-0.25, -0.2) is 4.79 Å². The number of nitrogens with one attached hydrogen (secondary N) is 2. The number of rotatable bonds is 3. The molecule has 92 valence electrons. The van der Waals surface area contributed by atoms with Crippen molar-refractivity contribution in [2.24, 2.45) is 5.73 Å². The zero-order valence-electron chi connectivity index (χ0n) is 9.76. The molecule has 4 N–H and O–H groups in total. The first-order chi connectivity index (χ1) is 8.78. The number of anilines is 2. The Morgan fingerprint density at radius 3 is 2.44 bits per heavy atom. The molecule has 1 heterocycles. The number of nitrogens with zero attached hydrogens (tertiary/aromatic N) is 1. The fraction of sp³-hybridized carbons (Fsp3) is 0.0769. The molecule has 0 unspecified atom stereocenters. The van der Waals surface area contributed by atoms with Gasteiger partial charge in [0.1, 0.15) is 0 Å². The lowest BCUT2D eigenvalue weighted by Gasteiger charge is -2.07. The minimum atomic E-state index is -0.302. The monoisotopic (exact) mass is 242 g/mol. The van der Waals surface area contributed by atoms with Gasteiger partial charge >= 0.3 is 6.03 Å². The molecule has 2 aromatic rings. The fourth-order valence-corrected chi connectivity index (χ4v) is 1.45. The topological polar surface area (TPSA) is 80.0 Å². The maximum absolute atomic E-state index is 11.7. The number of hydrogen-bond donors (Lipinski definition) is 3. The minimum absolute atomic E-state index is 0.302. The van der Waals surface area contributed by atoms with Crippen molar-refractivity contribution in [3.8, 4) is 0 Å². The molecule has 0 saturated carbocycles. The van der Waals surface area contributed by atoms with Crippen molar-refractivity contribution in [2.75, 3.05) is 10.6 Å². The fourth-order valence-electron chi connectivity index (χ4n) is 1.45. The lowest BCUT2D eigenvalue weighted by Crippen LogP contribution is -2.19. The normalized spacial score (nSPS) is 9.83. The highest BCUT2D eigenvalue weighted by molar-refractivity contribution is 5.99. The second-order valence-electron chi connectivity index (χ2n) is 3.72. The third-order valence-corrected chi connectivity index (χ3v) is 2.37. The molecule has 1 aromatic heterocycles. The van der Waals surface area contributed by atoms with Crippen LogP contribution in [0.5, 0.6) is 0 Å². The Morgan fingerprint density at radius 2 is 1.83 bits per heavy atom. The first-order valence-electron chi connectivity index (χ1n) is 5.55. The summed E-state index contributed by atoms with van der Waals surface area (Å²) in [6, 6.07) is 10.6. The maximum atomic E-state index is 11.7. The summed E-state index contributed by atoms with van der Waals surface area (Å²) < 4.78 is 0. The average Bonchev–Trinajstić information content (AvgIpc) is 2.40. The number of amides is 2. The number of aromatic nitrogens is 1. The molecular formula is C13H14N4O. The van der Waals surface area contributed by atoms with Crippen molar-refractivity contribution < 1.29 is 4.79 Å². The molecule has 0 aliphatic carbocycles. The highest BCUT2D eigenvalue weighted by atomic mass is 16.2. The molecule has 0 spiro atoms. The largest absolute Gasteiger partial charge is 0.326 e. The van der Waals surface area contributed by atoms with E-state index in [0.717, 1.165) is 5.56 Å². The van der Waals surface area contributed by atoms with Crippen molar-refractivity contribution in [3.05, 3.63) is 54.4 Å². The summed E-state index contributed by atoms with van der Waals surface area (Å²) >= 11 is 0. The van der Waals surface area contributed by atoms with E-state index in [2.05, 4.69) is 15.6 Å². The van der Waals surface area contributed by atoms with Gasteiger partial charge in [-0.15, -0.1) is 0 Å². The number of carbonyl (C=O) groups is 1. The van der Waals surface area contributed by atoms with Crippen LogP contribution in [-0.2, 0) is 6.54 Å². The van der Waals surface area contributed by atoms with Crippen LogP contribution in [0.15, 0.2) is 48.8 Å². The van der Waals surface area contributed by atoms with Gasteiger partial charge in [-0.1, -0.05) is 12.1 Å². The van der Waals surface area contributed by atoms with Gasteiger partial charge in [-0.2, -0.15) is 0 Å². The van der Waals surface area contributed by atoms with Gasteiger partial charge in [0, 0.05) is 18.4 Å². The van der Waals surface area contributed by atoms with Crippen molar-refractivity contribution in [1.29, 1.82) is 0 Å². The Kier molecular flexibility index (Phi) is 3.88. The second-order valence-corrected chi connectivity index (χ2v) is 3.72. The van der Waals surface area contributed by atoms with Gasteiger partial charge in [-0.05, 0) is 29.8 Å². The van der Waals surface area contributed by atoms with Crippen LogP contribution in [0.4, 0.5) is 16.2 Å². The number of benzene rings is 1. The van der Waals surface area contributed by atoms with Crippen molar-refractivity contribution in [2.45, 2.75) is 6.54 Å². The number of urea groups is 1. The minimum Gasteiger partial charge on any atom is -0.326 e. The van der Waals surface area contributed by atoms with Crippen LogP contribution in [0, 0.1) is 0 Å². The first kappa shape index (κ1) is 12.1. The van der Waals surface area contributed by atoms with Crippen LogP contribution in [0.2, 0.25) is 0 Å². The van der Waals surface area contributed by atoms with E-state index < -0.39 is 0 Å². The van der Waals surface area contributed by atoms with Gasteiger partial charge in [-0.3, -0.25) is 4.98 Å². The molecule has 18 heavy (non-hydrogen) atoms. The van der Waals surface area contributed by atoms with E-state index in [4.69, 9.17) is 5.73 Å². The summed E-state index contributed by atoms with van der Waals surface area (Å²) in [5.41, 5.74) is 7.88. The molecule has 0 aliphatic heterocycles. The molecule has 0 saturated heterocycles. The summed E-state index contributed by atoms with van der Waals surface area (Å²) in [6.45, 7) is 0.488. The summed E-state index contributed by atoms with van der Waals surface area (Å²) in [6.07, 6.45) is 3.23. The Hall–Kier alpha value is -2.40. The van der Waals surface area contributed by atoms with Gasteiger partial charge in [0.2, 0.25) is 0 Å². The quantitative estimate of drug-likeness (QED) is 0.771. The zero-order valence-corrected chi connectivity index (χ0v) is 9.76. The van der Waals surface area contributed by atoms with Crippen LogP contribution in [0.1, 0.15) is 5.56 Å². The number of hydrogen-bond acceptors (Lipinski definition) is 3. The number of nitrogens with two attached hydrogens (primary N) is 1. The second kappa shape index (κ2) is 5.79. The summed E-state index contributed by atoms with van der Waals surface area (Å²) in [4.78, 5) is 15.6. The van der Waals surface area contributed by atoms with Crippen LogP contribution >= 0.6 is 0 Å². The maximum Gasteiger partial charge on any atom is 0.323 e. The average molecular weight is 242 g/mol. The van der Waals surface area contributed by atoms with Crippen molar-refractivity contribution in [1.82, 2.24) is 4.98 Å². The van der Waals surface area contributed by atoms with Crippen LogP contribution in [0.25, 0.3) is 0 Å². The molecule has 2 rings (SSSR count). The van der Waals surface area contributed by atoms with Crippen LogP contribution in [-0.4, -0.2) is 11.0 Å². The summed E-state index contributed by atoms with van der Waals surface area (Å²) in [5, 5.41) is 5.40. The Labute approximate surface area is 105 Å². The third-order valence-electron chi connectivity index (χ3n) is 2.37. The van der Waals surface area contributed by atoms with E-state index in [1.165, 1.54) is 0 Å². The molecule has 0 radical (unpaired) electrons. The first-order valence-corrected chi connectivity index (χ1v) is 5.55. The molecule has 5 nitrogen and oxygen atoms in total. The standard InChI is InChI=1S/C13H14N4O/c14-8-10-3-5-11(6-4-10)16-13(18)17-12-2-1-7-15-9-12/h1-7,9H,8,14H2,(H2,16,17,18). The molecule has 0 bridgehead atoms. The predicted molar refractivity (Wildman–Crippen MR) is 71.2 cm³/mol. The van der Waals surface area contributed by atoms with E-state index in [1.54, 1.807) is 24.5 Å². The van der Waals surface area contributed by atoms with E-state index in [1.807, 2.05) is 24.3 Å². The van der Waals surface area contributed by atoms with E-state index in [0.29, 0.717) is 17.9 Å². The summed E-state index contributed by atoms with van der Waals surface area (Å²) in [7, 11) is 0. The van der Waals surface area contributed by atoms with Gasteiger partial charge in [0.15, 0.2) is 0 Å². The Bertz CT molecular complexity index is 510. The lowest BCUT2D eigenvalue weighted by molar-refractivity contribution is 0.262. The van der Waals surface area contributed by atoms with Crippen molar-refractivity contribution in [3.63, 3.8) is 0 Å². The molecule has 2 amide bonds. The Morgan fingerprint density at radius 1 is 1.11 bits per heavy atom. The molecule has 0 fully saturated rings. The van der Waals surface area contributed by atoms with Gasteiger partial charge < -0.3 is 16.4 Å². The predicted octanol–water partition coefficient (Wildman–Crippen LogP) is 2.18. The molecule has 0 atom stereocenters. The van der Waals surface area contributed by atoms with Gasteiger partial charge in [0.25, 0.3) is 0 Å². The van der Waals surface area contributed by atoms with E-state index in [-0.39, 0.29) is 6.03 Å². The molecule has 0 aliphatic rings.